The van der Waals surface area contributed by atoms with Crippen LogP contribution in [0.25, 0.3) is 10.8 Å². The maximum atomic E-state index is 12.5. The standard InChI is InChI=1S/C22H27N3O2/c1-25(20-13-18-8-9-19(14-20)24-18)21(26)10-11-23-22(27)17-7-6-15-4-2-3-5-16(15)12-17/h2-7,12,18-20,24H,8-11,13-14H2,1H3,(H,23,27). The smallest absolute Gasteiger partial charge is 0.251 e. The summed E-state index contributed by atoms with van der Waals surface area (Å²) in [6.45, 7) is 0.368. The first-order valence-corrected chi connectivity index (χ1v) is 9.89. The van der Waals surface area contributed by atoms with Crippen LogP contribution >= 0.6 is 0 Å². The molecule has 2 amide bonds. The summed E-state index contributed by atoms with van der Waals surface area (Å²) in [6, 6.07) is 15.1. The van der Waals surface area contributed by atoms with Gasteiger partial charge in [0.25, 0.3) is 5.91 Å². The van der Waals surface area contributed by atoms with Crippen LogP contribution < -0.4 is 10.6 Å². The molecule has 2 fully saturated rings. The lowest BCUT2D eigenvalue weighted by molar-refractivity contribution is -0.132. The molecule has 0 saturated carbocycles. The number of benzene rings is 2. The van der Waals surface area contributed by atoms with Gasteiger partial charge in [0.15, 0.2) is 0 Å². The minimum atomic E-state index is -0.129. The molecule has 2 aliphatic heterocycles. The average molecular weight is 365 g/mol. The van der Waals surface area contributed by atoms with Gasteiger partial charge in [-0.05, 0) is 48.6 Å². The van der Waals surface area contributed by atoms with Gasteiger partial charge in [-0.1, -0.05) is 30.3 Å². The number of piperidine rings is 1. The van der Waals surface area contributed by atoms with E-state index in [1.54, 1.807) is 0 Å². The zero-order valence-corrected chi connectivity index (χ0v) is 15.8. The fourth-order valence-electron chi connectivity index (χ4n) is 4.44. The normalized spacial score (nSPS) is 24.0. The van der Waals surface area contributed by atoms with Crippen molar-refractivity contribution in [2.24, 2.45) is 0 Å². The first kappa shape index (κ1) is 18.0. The Kier molecular flexibility index (Phi) is 5.12. The number of hydrogen-bond acceptors (Lipinski definition) is 3. The van der Waals surface area contributed by atoms with Crippen LogP contribution in [0.4, 0.5) is 0 Å². The summed E-state index contributed by atoms with van der Waals surface area (Å²) in [6.07, 6.45) is 4.88. The van der Waals surface area contributed by atoms with Crippen LogP contribution in [-0.4, -0.2) is 48.4 Å². The molecule has 27 heavy (non-hydrogen) atoms. The van der Waals surface area contributed by atoms with Crippen molar-refractivity contribution < 1.29 is 9.59 Å². The molecule has 2 atom stereocenters. The molecule has 2 heterocycles. The Balaban J connectivity index is 1.28. The van der Waals surface area contributed by atoms with E-state index in [2.05, 4.69) is 10.6 Å². The molecule has 0 aliphatic carbocycles. The number of rotatable bonds is 5. The van der Waals surface area contributed by atoms with E-state index < -0.39 is 0 Å². The topological polar surface area (TPSA) is 61.4 Å². The molecule has 2 saturated heterocycles. The monoisotopic (exact) mass is 365 g/mol. The van der Waals surface area contributed by atoms with Crippen LogP contribution in [-0.2, 0) is 4.79 Å². The highest BCUT2D eigenvalue weighted by Gasteiger charge is 2.36. The van der Waals surface area contributed by atoms with E-state index in [1.165, 1.54) is 12.8 Å². The van der Waals surface area contributed by atoms with Gasteiger partial charge in [-0.3, -0.25) is 9.59 Å². The molecule has 5 heteroatoms. The third-order valence-electron chi connectivity index (χ3n) is 6.03. The second-order valence-corrected chi connectivity index (χ2v) is 7.84. The van der Waals surface area contributed by atoms with E-state index in [4.69, 9.17) is 0 Å². The largest absolute Gasteiger partial charge is 0.352 e. The zero-order valence-electron chi connectivity index (χ0n) is 15.8. The first-order chi connectivity index (χ1) is 13.1. The van der Waals surface area contributed by atoms with Crippen molar-refractivity contribution in [1.82, 2.24) is 15.5 Å². The van der Waals surface area contributed by atoms with Gasteiger partial charge in [0.05, 0.1) is 0 Å². The van der Waals surface area contributed by atoms with Crippen LogP contribution in [0.15, 0.2) is 42.5 Å². The first-order valence-electron chi connectivity index (χ1n) is 9.89. The Labute approximate surface area is 160 Å². The molecule has 0 spiro atoms. The lowest BCUT2D eigenvalue weighted by Crippen LogP contribution is -2.49. The maximum Gasteiger partial charge on any atom is 0.251 e. The van der Waals surface area contributed by atoms with E-state index in [0.29, 0.717) is 36.7 Å². The number of fused-ring (bicyclic) bond motifs is 3. The maximum absolute atomic E-state index is 12.5. The molecule has 0 radical (unpaired) electrons. The van der Waals surface area contributed by atoms with Crippen molar-refractivity contribution in [1.29, 1.82) is 0 Å². The van der Waals surface area contributed by atoms with E-state index in [1.807, 2.05) is 54.4 Å². The van der Waals surface area contributed by atoms with Gasteiger partial charge in [-0.2, -0.15) is 0 Å². The quantitative estimate of drug-likeness (QED) is 0.856. The highest BCUT2D eigenvalue weighted by atomic mass is 16.2. The number of carbonyl (C=O) groups is 2. The zero-order chi connectivity index (χ0) is 18.8. The van der Waals surface area contributed by atoms with Gasteiger partial charge >= 0.3 is 0 Å². The Bertz CT molecular complexity index is 838. The van der Waals surface area contributed by atoms with E-state index in [-0.39, 0.29) is 11.8 Å². The number of carbonyl (C=O) groups excluding carboxylic acids is 2. The minimum absolute atomic E-state index is 0.111. The van der Waals surface area contributed by atoms with Gasteiger partial charge in [0.1, 0.15) is 0 Å². The Morgan fingerprint density at radius 2 is 1.78 bits per heavy atom. The molecular weight excluding hydrogens is 338 g/mol. The van der Waals surface area contributed by atoms with Gasteiger partial charge in [-0.25, -0.2) is 0 Å². The molecule has 2 N–H and O–H groups in total. The molecule has 4 rings (SSSR count). The highest BCUT2D eigenvalue weighted by Crippen LogP contribution is 2.29. The summed E-state index contributed by atoms with van der Waals surface area (Å²) < 4.78 is 0. The van der Waals surface area contributed by atoms with Crippen LogP contribution in [0, 0.1) is 0 Å². The van der Waals surface area contributed by atoms with Gasteiger partial charge in [0, 0.05) is 43.7 Å². The molecule has 5 nitrogen and oxygen atoms in total. The predicted molar refractivity (Wildman–Crippen MR) is 107 cm³/mol. The van der Waals surface area contributed by atoms with Crippen molar-refractivity contribution in [2.45, 2.75) is 50.2 Å². The Morgan fingerprint density at radius 3 is 2.52 bits per heavy atom. The molecule has 142 valence electrons. The number of amides is 2. The summed E-state index contributed by atoms with van der Waals surface area (Å²) >= 11 is 0. The molecule has 2 aliphatic rings. The summed E-state index contributed by atoms with van der Waals surface area (Å²) in [7, 11) is 1.91. The summed E-state index contributed by atoms with van der Waals surface area (Å²) in [4.78, 5) is 26.8. The third kappa shape index (κ3) is 3.98. The van der Waals surface area contributed by atoms with Crippen molar-refractivity contribution in [2.75, 3.05) is 13.6 Å². The third-order valence-corrected chi connectivity index (χ3v) is 6.03. The van der Waals surface area contributed by atoms with Crippen molar-refractivity contribution in [3.05, 3.63) is 48.0 Å². The highest BCUT2D eigenvalue weighted by molar-refractivity contribution is 5.98. The lowest BCUT2D eigenvalue weighted by atomic mass is 9.98. The average Bonchev–Trinajstić information content (AvgIpc) is 3.04. The Hall–Kier alpha value is -2.40. The number of nitrogens with zero attached hydrogens (tertiary/aromatic N) is 1. The number of hydrogen-bond donors (Lipinski definition) is 2. The lowest BCUT2D eigenvalue weighted by Gasteiger charge is -2.35. The number of nitrogens with one attached hydrogen (secondary N) is 2. The van der Waals surface area contributed by atoms with Crippen molar-refractivity contribution in [3.8, 4) is 0 Å². The van der Waals surface area contributed by atoms with Crippen molar-refractivity contribution in [3.63, 3.8) is 0 Å². The van der Waals surface area contributed by atoms with E-state index in [9.17, 15) is 9.59 Å². The molecule has 2 unspecified atom stereocenters. The minimum Gasteiger partial charge on any atom is -0.352 e. The SMILES string of the molecule is CN(C(=O)CCNC(=O)c1ccc2ccccc2c1)C1CC2CCC(C1)N2. The summed E-state index contributed by atoms with van der Waals surface area (Å²) in [5, 5.41) is 8.65. The Morgan fingerprint density at radius 1 is 1.07 bits per heavy atom. The van der Waals surface area contributed by atoms with Crippen molar-refractivity contribution >= 4 is 22.6 Å². The van der Waals surface area contributed by atoms with Crippen LogP contribution in [0.5, 0.6) is 0 Å². The molecule has 2 aromatic carbocycles. The van der Waals surface area contributed by atoms with Crippen LogP contribution in [0.1, 0.15) is 42.5 Å². The van der Waals surface area contributed by atoms with E-state index in [0.717, 1.165) is 23.6 Å². The van der Waals surface area contributed by atoms with Crippen LogP contribution in [0.2, 0.25) is 0 Å². The van der Waals surface area contributed by atoms with E-state index >= 15 is 0 Å². The molecule has 2 bridgehead atoms. The van der Waals surface area contributed by atoms with Crippen LogP contribution in [0.3, 0.4) is 0 Å². The second kappa shape index (κ2) is 7.69. The molecular formula is C22H27N3O2. The summed E-state index contributed by atoms with van der Waals surface area (Å²) in [5.74, 6) is -0.0174. The van der Waals surface area contributed by atoms with Gasteiger partial charge < -0.3 is 15.5 Å². The fourth-order valence-corrected chi connectivity index (χ4v) is 4.44. The predicted octanol–water partition coefficient (Wildman–Crippen LogP) is 2.70. The molecule has 2 aromatic rings. The second-order valence-electron chi connectivity index (χ2n) is 7.84. The van der Waals surface area contributed by atoms with Gasteiger partial charge in [0.2, 0.25) is 5.91 Å². The summed E-state index contributed by atoms with van der Waals surface area (Å²) in [5.41, 5.74) is 0.629. The molecule has 0 aromatic heterocycles. The fraction of sp³-hybridized carbons (Fsp3) is 0.455. The van der Waals surface area contributed by atoms with Gasteiger partial charge in [-0.15, -0.1) is 0 Å².